The van der Waals surface area contributed by atoms with E-state index >= 15 is 0 Å². The van der Waals surface area contributed by atoms with E-state index < -0.39 is 5.97 Å². The molecule has 1 N–H and O–H groups in total. The molecule has 1 aromatic rings. The average molecular weight is 308 g/mol. The van der Waals surface area contributed by atoms with Crippen molar-refractivity contribution in [3.05, 3.63) is 40.4 Å². The third-order valence-electron chi connectivity index (χ3n) is 3.77. The lowest BCUT2D eigenvalue weighted by Crippen LogP contribution is -2.39. The summed E-state index contributed by atoms with van der Waals surface area (Å²) in [6.45, 7) is 2.91. The van der Waals surface area contributed by atoms with E-state index in [4.69, 9.17) is 16.7 Å². The van der Waals surface area contributed by atoms with Gasteiger partial charge in [-0.1, -0.05) is 23.7 Å². The van der Waals surface area contributed by atoms with Crippen molar-refractivity contribution in [2.75, 3.05) is 13.1 Å². The van der Waals surface area contributed by atoms with Gasteiger partial charge in [0.15, 0.2) is 0 Å². The van der Waals surface area contributed by atoms with Gasteiger partial charge in [0.25, 0.3) is 0 Å². The molecule has 0 aromatic heterocycles. The summed E-state index contributed by atoms with van der Waals surface area (Å²) in [6.07, 6.45) is 4.29. The topological polar surface area (TPSA) is 57.6 Å². The van der Waals surface area contributed by atoms with Crippen molar-refractivity contribution in [1.29, 1.82) is 0 Å². The van der Waals surface area contributed by atoms with Gasteiger partial charge in [0, 0.05) is 24.2 Å². The van der Waals surface area contributed by atoms with E-state index in [0.717, 1.165) is 11.1 Å². The summed E-state index contributed by atoms with van der Waals surface area (Å²) < 4.78 is 0. The third-order valence-corrected chi connectivity index (χ3v) is 4.18. The van der Waals surface area contributed by atoms with Crippen molar-refractivity contribution in [2.24, 2.45) is 5.92 Å². The molecule has 2 rings (SSSR count). The first kappa shape index (κ1) is 15.6. The zero-order chi connectivity index (χ0) is 15.4. The zero-order valence-corrected chi connectivity index (χ0v) is 12.6. The van der Waals surface area contributed by atoms with Gasteiger partial charge in [0.2, 0.25) is 5.91 Å². The Labute approximate surface area is 129 Å². The van der Waals surface area contributed by atoms with Crippen LogP contribution in [-0.2, 0) is 9.59 Å². The van der Waals surface area contributed by atoms with Crippen molar-refractivity contribution in [1.82, 2.24) is 4.90 Å². The lowest BCUT2D eigenvalue weighted by Gasteiger charge is -2.29. The number of likely N-dealkylation sites (tertiary alicyclic amines) is 1. The number of carboxylic acid groups (broad SMARTS) is 1. The van der Waals surface area contributed by atoms with Crippen molar-refractivity contribution in [3.63, 3.8) is 0 Å². The third kappa shape index (κ3) is 4.08. The molecular formula is C16H18ClNO3. The summed E-state index contributed by atoms with van der Waals surface area (Å²) in [6, 6.07) is 5.63. The van der Waals surface area contributed by atoms with Crippen molar-refractivity contribution >= 4 is 29.6 Å². The smallest absolute Gasteiger partial charge is 0.306 e. The van der Waals surface area contributed by atoms with Crippen LogP contribution in [0.15, 0.2) is 24.3 Å². The molecule has 1 heterocycles. The van der Waals surface area contributed by atoms with Crippen LogP contribution in [0.1, 0.15) is 24.0 Å². The fourth-order valence-electron chi connectivity index (χ4n) is 2.33. The first-order chi connectivity index (χ1) is 9.97. The Morgan fingerprint density at radius 3 is 2.57 bits per heavy atom. The summed E-state index contributed by atoms with van der Waals surface area (Å²) in [5, 5.41) is 9.61. The summed E-state index contributed by atoms with van der Waals surface area (Å²) >= 11 is 6.04. The monoisotopic (exact) mass is 307 g/mol. The number of hydrogen-bond donors (Lipinski definition) is 1. The van der Waals surface area contributed by atoms with Gasteiger partial charge >= 0.3 is 5.97 Å². The molecule has 0 bridgehead atoms. The SMILES string of the molecule is Cc1ccc(/C=C/C(=O)N2CCC(C(=O)O)CC2)cc1Cl. The minimum atomic E-state index is -0.771. The van der Waals surface area contributed by atoms with Crippen LogP contribution >= 0.6 is 11.6 Å². The number of rotatable bonds is 3. The average Bonchev–Trinajstić information content (AvgIpc) is 2.48. The summed E-state index contributed by atoms with van der Waals surface area (Å²) in [5.41, 5.74) is 1.87. The Morgan fingerprint density at radius 2 is 2.00 bits per heavy atom. The van der Waals surface area contributed by atoms with Gasteiger partial charge in [-0.05, 0) is 43.0 Å². The Hall–Kier alpha value is -1.81. The lowest BCUT2D eigenvalue weighted by molar-refractivity contribution is -0.144. The molecule has 1 aliphatic rings. The number of nitrogens with zero attached hydrogens (tertiary/aromatic N) is 1. The molecule has 1 amide bonds. The highest BCUT2D eigenvalue weighted by molar-refractivity contribution is 6.31. The first-order valence-corrected chi connectivity index (χ1v) is 7.31. The molecule has 1 saturated heterocycles. The number of aliphatic carboxylic acids is 1. The fraction of sp³-hybridized carbons (Fsp3) is 0.375. The number of carboxylic acids is 1. The molecule has 0 saturated carbocycles. The molecule has 1 aliphatic heterocycles. The number of halogens is 1. The predicted molar refractivity (Wildman–Crippen MR) is 82.2 cm³/mol. The van der Waals surface area contributed by atoms with E-state index in [1.165, 1.54) is 6.08 Å². The van der Waals surface area contributed by atoms with Gasteiger partial charge in [-0.2, -0.15) is 0 Å². The second-order valence-electron chi connectivity index (χ2n) is 5.28. The fourth-order valence-corrected chi connectivity index (χ4v) is 2.52. The van der Waals surface area contributed by atoms with Crippen LogP contribution in [0.25, 0.3) is 6.08 Å². The predicted octanol–water partition coefficient (Wildman–Crippen LogP) is 2.98. The Bertz CT molecular complexity index is 575. The van der Waals surface area contributed by atoms with Crippen LogP contribution in [0.4, 0.5) is 0 Å². The number of aryl methyl sites for hydroxylation is 1. The second kappa shape index (κ2) is 6.76. The summed E-state index contributed by atoms with van der Waals surface area (Å²) in [7, 11) is 0. The highest BCUT2D eigenvalue weighted by Gasteiger charge is 2.25. The van der Waals surface area contributed by atoms with Gasteiger partial charge in [0.05, 0.1) is 5.92 Å². The maximum atomic E-state index is 12.1. The number of carbonyl (C=O) groups is 2. The number of benzene rings is 1. The molecule has 0 atom stereocenters. The van der Waals surface area contributed by atoms with E-state index in [9.17, 15) is 9.59 Å². The largest absolute Gasteiger partial charge is 0.481 e. The Morgan fingerprint density at radius 1 is 1.33 bits per heavy atom. The molecule has 5 heteroatoms. The molecule has 1 fully saturated rings. The van der Waals surface area contributed by atoms with Crippen LogP contribution in [0.5, 0.6) is 0 Å². The number of carbonyl (C=O) groups excluding carboxylic acids is 1. The van der Waals surface area contributed by atoms with Crippen LogP contribution in [0, 0.1) is 12.8 Å². The zero-order valence-electron chi connectivity index (χ0n) is 11.9. The Kier molecular flexibility index (Phi) is 5.02. The maximum Gasteiger partial charge on any atom is 0.306 e. The molecule has 0 radical (unpaired) electrons. The van der Waals surface area contributed by atoms with Gasteiger partial charge < -0.3 is 10.0 Å². The highest BCUT2D eigenvalue weighted by atomic mass is 35.5. The second-order valence-corrected chi connectivity index (χ2v) is 5.69. The van der Waals surface area contributed by atoms with Gasteiger partial charge in [-0.15, -0.1) is 0 Å². The molecule has 0 spiro atoms. The lowest BCUT2D eigenvalue weighted by atomic mass is 9.97. The molecule has 4 nitrogen and oxygen atoms in total. The standard InChI is InChI=1S/C16H18ClNO3/c1-11-2-3-12(10-14(11)17)4-5-15(19)18-8-6-13(7-9-18)16(20)21/h2-5,10,13H,6-9H2,1H3,(H,20,21)/b5-4+. The number of amides is 1. The van der Waals surface area contributed by atoms with Crippen molar-refractivity contribution in [2.45, 2.75) is 19.8 Å². The van der Waals surface area contributed by atoms with Gasteiger partial charge in [-0.25, -0.2) is 0 Å². The molecule has 21 heavy (non-hydrogen) atoms. The number of piperidine rings is 1. The Balaban J connectivity index is 1.94. The normalized spacial score (nSPS) is 16.4. The number of hydrogen-bond acceptors (Lipinski definition) is 2. The van der Waals surface area contributed by atoms with E-state index in [1.54, 1.807) is 11.0 Å². The van der Waals surface area contributed by atoms with Crippen LogP contribution in [0.2, 0.25) is 5.02 Å². The maximum absolute atomic E-state index is 12.1. The summed E-state index contributed by atoms with van der Waals surface area (Å²) in [4.78, 5) is 24.6. The van der Waals surface area contributed by atoms with Gasteiger partial charge in [-0.3, -0.25) is 9.59 Å². The van der Waals surface area contributed by atoms with Crippen LogP contribution < -0.4 is 0 Å². The first-order valence-electron chi connectivity index (χ1n) is 6.93. The molecule has 112 valence electrons. The van der Waals surface area contributed by atoms with Gasteiger partial charge in [0.1, 0.15) is 0 Å². The van der Waals surface area contributed by atoms with Crippen LogP contribution in [-0.4, -0.2) is 35.0 Å². The minimum Gasteiger partial charge on any atom is -0.481 e. The van der Waals surface area contributed by atoms with Crippen molar-refractivity contribution < 1.29 is 14.7 Å². The van der Waals surface area contributed by atoms with Crippen LogP contribution in [0.3, 0.4) is 0 Å². The van der Waals surface area contributed by atoms with E-state index in [-0.39, 0.29) is 11.8 Å². The minimum absolute atomic E-state index is 0.0875. The molecule has 0 unspecified atom stereocenters. The highest BCUT2D eigenvalue weighted by Crippen LogP contribution is 2.19. The van der Waals surface area contributed by atoms with E-state index in [2.05, 4.69) is 0 Å². The quantitative estimate of drug-likeness (QED) is 0.873. The molecular weight excluding hydrogens is 290 g/mol. The molecule has 0 aliphatic carbocycles. The van der Waals surface area contributed by atoms with E-state index in [0.29, 0.717) is 31.0 Å². The summed E-state index contributed by atoms with van der Waals surface area (Å²) in [5.74, 6) is -1.18. The van der Waals surface area contributed by atoms with E-state index in [1.807, 2.05) is 25.1 Å². The van der Waals surface area contributed by atoms with Crippen molar-refractivity contribution in [3.8, 4) is 0 Å². The molecule has 1 aromatic carbocycles.